The van der Waals surface area contributed by atoms with Gasteiger partial charge in [0.15, 0.2) is 0 Å². The van der Waals surface area contributed by atoms with Crippen molar-refractivity contribution < 1.29 is 30.7 Å². The third-order valence-corrected chi connectivity index (χ3v) is 6.29. The second-order valence-corrected chi connectivity index (χ2v) is 8.50. The van der Waals surface area contributed by atoms with E-state index in [1.165, 1.54) is 34.6 Å². The van der Waals surface area contributed by atoms with Crippen LogP contribution in [0.25, 0.3) is 0 Å². The molecule has 1 saturated heterocycles. The number of hydrogen-bond acceptors (Lipinski definition) is 5. The molecule has 0 spiro atoms. The lowest BCUT2D eigenvalue weighted by Gasteiger charge is -2.34. The van der Waals surface area contributed by atoms with E-state index in [9.17, 15) is 26.0 Å². The Bertz CT molecular complexity index is 911. The summed E-state index contributed by atoms with van der Waals surface area (Å²) in [5.41, 5.74) is -0.830. The Hall–Kier alpha value is -2.40. The van der Waals surface area contributed by atoms with Crippen LogP contribution in [0.2, 0.25) is 0 Å². The molecule has 11 heteroatoms. The van der Waals surface area contributed by atoms with Gasteiger partial charge >= 0.3 is 6.18 Å². The Morgan fingerprint density at radius 3 is 2.21 bits per heavy atom. The maximum absolute atomic E-state index is 12.9. The summed E-state index contributed by atoms with van der Waals surface area (Å²) in [6.07, 6.45) is -3.68. The van der Waals surface area contributed by atoms with E-state index in [-0.39, 0.29) is 25.4 Å². The smallest absolute Gasteiger partial charge is 0.417 e. The molecule has 6 nitrogen and oxygen atoms in total. The summed E-state index contributed by atoms with van der Waals surface area (Å²) in [4.78, 5) is 5.57. The Kier molecular flexibility index (Phi) is 6.27. The minimum Gasteiger partial charge on any atom is -0.492 e. The number of alkyl halides is 3. The lowest BCUT2D eigenvalue weighted by Crippen LogP contribution is -2.50. The minimum absolute atomic E-state index is 0.0748. The number of hydrogen-bond donors (Lipinski definition) is 0. The van der Waals surface area contributed by atoms with Gasteiger partial charge in [-0.3, -0.25) is 0 Å². The number of piperazine rings is 1. The van der Waals surface area contributed by atoms with Gasteiger partial charge in [0.2, 0.25) is 10.0 Å². The van der Waals surface area contributed by atoms with Gasteiger partial charge in [-0.2, -0.15) is 17.5 Å². The van der Waals surface area contributed by atoms with Crippen LogP contribution in [0.5, 0.6) is 5.75 Å². The average Bonchev–Trinajstić information content (AvgIpc) is 2.69. The second kappa shape index (κ2) is 8.54. The van der Waals surface area contributed by atoms with Gasteiger partial charge in [-0.1, -0.05) is 0 Å². The molecule has 1 aliphatic rings. The molecule has 0 saturated carbocycles. The van der Waals surface area contributed by atoms with Crippen LogP contribution in [0, 0.1) is 5.82 Å². The van der Waals surface area contributed by atoms with E-state index in [0.29, 0.717) is 24.7 Å². The number of halogens is 4. The Balaban J connectivity index is 1.50. The van der Waals surface area contributed by atoms with Gasteiger partial charge in [-0.05, 0) is 36.4 Å². The van der Waals surface area contributed by atoms with E-state index in [1.54, 1.807) is 4.90 Å². The molecule has 2 aromatic rings. The molecule has 29 heavy (non-hydrogen) atoms. The molecule has 0 bridgehead atoms. The van der Waals surface area contributed by atoms with Crippen molar-refractivity contribution in [3.63, 3.8) is 0 Å². The van der Waals surface area contributed by atoms with Crippen LogP contribution in [0.1, 0.15) is 5.56 Å². The van der Waals surface area contributed by atoms with Crippen LogP contribution in [0.3, 0.4) is 0 Å². The number of nitrogens with zero attached hydrogens (tertiary/aromatic N) is 3. The summed E-state index contributed by atoms with van der Waals surface area (Å²) in [5.74, 6) is 0.1000. The van der Waals surface area contributed by atoms with Gasteiger partial charge in [-0.25, -0.2) is 17.8 Å². The summed E-state index contributed by atoms with van der Waals surface area (Å²) < 4.78 is 82.3. The predicted molar refractivity (Wildman–Crippen MR) is 98.7 cm³/mol. The van der Waals surface area contributed by atoms with Crippen molar-refractivity contribution in [2.45, 2.75) is 6.18 Å². The molecule has 0 N–H and O–H groups in total. The summed E-state index contributed by atoms with van der Waals surface area (Å²) in [6.45, 7) is 0.949. The molecular weight excluding hydrogens is 414 g/mol. The van der Waals surface area contributed by atoms with Gasteiger partial charge in [0.25, 0.3) is 0 Å². The number of anilines is 1. The van der Waals surface area contributed by atoms with Crippen molar-refractivity contribution in [1.29, 1.82) is 0 Å². The SMILES string of the molecule is O=S(=O)(CCOc1ccc(F)cc1)N1CCN(c2ccc(C(F)(F)F)cn2)CC1. The van der Waals surface area contributed by atoms with Crippen LogP contribution in [-0.2, 0) is 16.2 Å². The van der Waals surface area contributed by atoms with E-state index in [4.69, 9.17) is 4.74 Å². The third-order valence-electron chi connectivity index (χ3n) is 4.45. The summed E-state index contributed by atoms with van der Waals surface area (Å²) in [5, 5.41) is 0. The molecule has 1 aromatic heterocycles. The van der Waals surface area contributed by atoms with Crippen LogP contribution in [-0.4, -0.2) is 56.2 Å². The minimum atomic E-state index is -4.45. The van der Waals surface area contributed by atoms with E-state index in [1.807, 2.05) is 0 Å². The molecule has 1 aliphatic heterocycles. The predicted octanol–water partition coefficient (Wildman–Crippen LogP) is 2.77. The van der Waals surface area contributed by atoms with Crippen molar-refractivity contribution in [1.82, 2.24) is 9.29 Å². The highest BCUT2D eigenvalue weighted by Gasteiger charge is 2.31. The lowest BCUT2D eigenvalue weighted by molar-refractivity contribution is -0.137. The number of aromatic nitrogens is 1. The molecule has 1 aromatic carbocycles. The molecule has 0 radical (unpaired) electrons. The Morgan fingerprint density at radius 2 is 1.66 bits per heavy atom. The van der Waals surface area contributed by atoms with Crippen molar-refractivity contribution in [3.8, 4) is 5.75 Å². The first kappa shape index (κ1) is 21.3. The van der Waals surface area contributed by atoms with Crippen LogP contribution >= 0.6 is 0 Å². The monoisotopic (exact) mass is 433 g/mol. The zero-order chi connectivity index (χ0) is 21.1. The van der Waals surface area contributed by atoms with Gasteiger partial charge in [0, 0.05) is 32.4 Å². The number of ether oxygens (including phenoxy) is 1. The molecular formula is C18H19F4N3O3S. The molecule has 0 amide bonds. The molecule has 2 heterocycles. The number of pyridine rings is 1. The quantitative estimate of drug-likeness (QED) is 0.656. The first-order valence-corrected chi connectivity index (χ1v) is 10.4. The first-order chi connectivity index (χ1) is 13.6. The molecule has 158 valence electrons. The van der Waals surface area contributed by atoms with Gasteiger partial charge < -0.3 is 9.64 Å². The highest BCUT2D eigenvalue weighted by atomic mass is 32.2. The van der Waals surface area contributed by atoms with Crippen LogP contribution < -0.4 is 9.64 Å². The number of benzene rings is 1. The summed E-state index contributed by atoms with van der Waals surface area (Å²) >= 11 is 0. The van der Waals surface area contributed by atoms with Gasteiger partial charge in [-0.15, -0.1) is 0 Å². The van der Waals surface area contributed by atoms with Crippen LogP contribution in [0.15, 0.2) is 42.6 Å². The second-order valence-electron chi connectivity index (χ2n) is 6.41. The number of sulfonamides is 1. The molecule has 0 aliphatic carbocycles. The lowest BCUT2D eigenvalue weighted by atomic mass is 10.2. The van der Waals surface area contributed by atoms with Crippen molar-refractivity contribution in [2.24, 2.45) is 0 Å². The fourth-order valence-electron chi connectivity index (χ4n) is 2.86. The standard InChI is InChI=1S/C18H19F4N3O3S/c19-15-2-4-16(5-3-15)28-11-12-29(26,27)25-9-7-24(8-10-25)17-6-1-14(13-23-17)18(20,21)22/h1-6,13H,7-12H2. The van der Waals surface area contributed by atoms with E-state index in [2.05, 4.69) is 4.98 Å². The van der Waals surface area contributed by atoms with E-state index >= 15 is 0 Å². The fourth-order valence-corrected chi connectivity index (χ4v) is 4.13. The van der Waals surface area contributed by atoms with Gasteiger partial charge in [0.1, 0.15) is 24.0 Å². The highest BCUT2D eigenvalue weighted by Crippen LogP contribution is 2.29. The topological polar surface area (TPSA) is 62.7 Å². The third kappa shape index (κ3) is 5.57. The Morgan fingerprint density at radius 1 is 1.00 bits per heavy atom. The summed E-state index contributed by atoms with van der Waals surface area (Å²) in [6, 6.07) is 7.51. The molecule has 1 fully saturated rings. The normalized spacial score (nSPS) is 16.1. The Labute approximate surface area is 165 Å². The van der Waals surface area contributed by atoms with Crippen molar-refractivity contribution in [2.75, 3.05) is 43.4 Å². The average molecular weight is 433 g/mol. The number of rotatable bonds is 6. The van der Waals surface area contributed by atoms with E-state index in [0.717, 1.165) is 12.3 Å². The zero-order valence-electron chi connectivity index (χ0n) is 15.3. The molecule has 0 unspecified atom stereocenters. The zero-order valence-corrected chi connectivity index (χ0v) is 16.1. The first-order valence-electron chi connectivity index (χ1n) is 8.79. The van der Waals surface area contributed by atoms with E-state index < -0.39 is 27.6 Å². The summed E-state index contributed by atoms with van der Waals surface area (Å²) in [7, 11) is -3.55. The van der Waals surface area contributed by atoms with Crippen molar-refractivity contribution >= 4 is 15.8 Å². The fraction of sp³-hybridized carbons (Fsp3) is 0.389. The highest BCUT2D eigenvalue weighted by molar-refractivity contribution is 7.89. The maximum atomic E-state index is 12.9. The van der Waals surface area contributed by atoms with Crippen LogP contribution in [0.4, 0.5) is 23.4 Å². The van der Waals surface area contributed by atoms with Gasteiger partial charge in [0.05, 0.1) is 11.3 Å². The molecule has 3 rings (SSSR count). The molecule has 0 atom stereocenters. The van der Waals surface area contributed by atoms with Crippen molar-refractivity contribution in [3.05, 3.63) is 54.0 Å². The largest absolute Gasteiger partial charge is 0.492 e. The maximum Gasteiger partial charge on any atom is 0.417 e.